The first-order valence-corrected chi connectivity index (χ1v) is 8.14. The van der Waals surface area contributed by atoms with E-state index in [2.05, 4.69) is 40.3 Å². The van der Waals surface area contributed by atoms with Gasteiger partial charge in [-0.1, -0.05) is 12.5 Å². The fraction of sp³-hybridized carbons (Fsp3) is 0.625. The van der Waals surface area contributed by atoms with Crippen molar-refractivity contribution in [1.29, 1.82) is 0 Å². The van der Waals surface area contributed by atoms with Crippen LogP contribution in [0.2, 0.25) is 0 Å². The smallest absolute Gasteiger partial charge is 0.133 e. The fourth-order valence-electron chi connectivity index (χ4n) is 2.86. The number of halogens is 1. The van der Waals surface area contributed by atoms with E-state index in [1.54, 1.807) is 7.11 Å². The van der Waals surface area contributed by atoms with Crippen molar-refractivity contribution in [2.75, 3.05) is 13.7 Å². The first-order chi connectivity index (χ1) is 9.60. The summed E-state index contributed by atoms with van der Waals surface area (Å²) in [4.78, 5) is 0. The van der Waals surface area contributed by atoms with Gasteiger partial charge in [-0.25, -0.2) is 0 Å². The summed E-state index contributed by atoms with van der Waals surface area (Å²) in [5.41, 5.74) is 1.24. The molecule has 2 rings (SSSR count). The highest BCUT2D eigenvalue weighted by Gasteiger charge is 2.20. The van der Waals surface area contributed by atoms with E-state index in [4.69, 9.17) is 4.74 Å². The average Bonchev–Trinajstić information content (AvgIpc) is 2.44. The SMILES string of the molecule is COc1ccc(C(C)NCC2CCCC(O)C2)cc1Br. The third kappa shape index (κ3) is 4.21. The third-order valence-electron chi connectivity index (χ3n) is 4.14. The largest absolute Gasteiger partial charge is 0.496 e. The molecule has 0 aromatic heterocycles. The van der Waals surface area contributed by atoms with Gasteiger partial charge in [-0.05, 0) is 72.3 Å². The molecule has 3 nitrogen and oxygen atoms in total. The van der Waals surface area contributed by atoms with Gasteiger partial charge in [0.15, 0.2) is 0 Å². The lowest BCUT2D eigenvalue weighted by Crippen LogP contribution is -2.30. The molecule has 0 heterocycles. The molecule has 1 aromatic rings. The zero-order valence-corrected chi connectivity index (χ0v) is 13.8. The number of aliphatic hydroxyl groups excluding tert-OH is 1. The summed E-state index contributed by atoms with van der Waals surface area (Å²) in [5.74, 6) is 1.46. The molecule has 3 atom stereocenters. The monoisotopic (exact) mass is 341 g/mol. The second-order valence-corrected chi connectivity index (χ2v) is 6.56. The van der Waals surface area contributed by atoms with Gasteiger partial charge < -0.3 is 15.2 Å². The van der Waals surface area contributed by atoms with Crippen LogP contribution in [0.4, 0.5) is 0 Å². The predicted octanol–water partition coefficient (Wildman–Crippen LogP) is 3.66. The van der Waals surface area contributed by atoms with E-state index in [1.807, 2.05) is 6.07 Å². The van der Waals surface area contributed by atoms with Crippen LogP contribution in [0.3, 0.4) is 0 Å². The van der Waals surface area contributed by atoms with Crippen molar-refractivity contribution < 1.29 is 9.84 Å². The molecular formula is C16H24BrNO2. The average molecular weight is 342 g/mol. The van der Waals surface area contributed by atoms with Crippen LogP contribution in [0.5, 0.6) is 5.75 Å². The van der Waals surface area contributed by atoms with Gasteiger partial charge in [0.1, 0.15) is 5.75 Å². The second-order valence-electron chi connectivity index (χ2n) is 5.71. The van der Waals surface area contributed by atoms with E-state index in [-0.39, 0.29) is 6.10 Å². The predicted molar refractivity (Wildman–Crippen MR) is 85.1 cm³/mol. The second kappa shape index (κ2) is 7.43. The highest BCUT2D eigenvalue weighted by atomic mass is 79.9. The van der Waals surface area contributed by atoms with E-state index in [9.17, 15) is 5.11 Å². The lowest BCUT2D eigenvalue weighted by Gasteiger charge is -2.27. The first kappa shape index (κ1) is 15.8. The summed E-state index contributed by atoms with van der Waals surface area (Å²) in [6.45, 7) is 3.15. The molecule has 20 heavy (non-hydrogen) atoms. The summed E-state index contributed by atoms with van der Waals surface area (Å²) in [6.07, 6.45) is 4.18. The number of nitrogens with one attached hydrogen (secondary N) is 1. The van der Waals surface area contributed by atoms with Crippen LogP contribution in [-0.4, -0.2) is 24.9 Å². The molecular weight excluding hydrogens is 318 g/mol. The van der Waals surface area contributed by atoms with Crippen LogP contribution < -0.4 is 10.1 Å². The van der Waals surface area contributed by atoms with Gasteiger partial charge in [-0.15, -0.1) is 0 Å². The molecule has 0 saturated heterocycles. The molecule has 1 fully saturated rings. The van der Waals surface area contributed by atoms with E-state index < -0.39 is 0 Å². The van der Waals surface area contributed by atoms with Crippen LogP contribution in [0.15, 0.2) is 22.7 Å². The quantitative estimate of drug-likeness (QED) is 0.858. The summed E-state index contributed by atoms with van der Waals surface area (Å²) in [5, 5.41) is 13.3. The number of methoxy groups -OCH3 is 1. The van der Waals surface area contributed by atoms with Gasteiger partial charge in [0.2, 0.25) is 0 Å². The Hall–Kier alpha value is -0.580. The van der Waals surface area contributed by atoms with E-state index in [0.29, 0.717) is 12.0 Å². The Kier molecular flexibility index (Phi) is 5.87. The van der Waals surface area contributed by atoms with Crippen molar-refractivity contribution in [3.05, 3.63) is 28.2 Å². The minimum absolute atomic E-state index is 0.0963. The van der Waals surface area contributed by atoms with Gasteiger partial charge in [0, 0.05) is 6.04 Å². The standard InChI is InChI=1S/C16H24BrNO2/c1-11(13-6-7-16(20-2)15(17)9-13)18-10-12-4-3-5-14(19)8-12/h6-7,9,11-12,14,18-19H,3-5,8,10H2,1-2H3. The molecule has 1 aromatic carbocycles. The van der Waals surface area contributed by atoms with Gasteiger partial charge >= 0.3 is 0 Å². The number of rotatable bonds is 5. The van der Waals surface area contributed by atoms with Crippen molar-refractivity contribution in [3.63, 3.8) is 0 Å². The number of aliphatic hydroxyl groups is 1. The summed E-state index contributed by atoms with van der Waals surface area (Å²) in [7, 11) is 1.68. The van der Waals surface area contributed by atoms with Crippen molar-refractivity contribution in [2.45, 2.75) is 44.8 Å². The lowest BCUT2D eigenvalue weighted by atomic mass is 9.87. The maximum absolute atomic E-state index is 9.71. The molecule has 4 heteroatoms. The molecule has 112 valence electrons. The van der Waals surface area contributed by atoms with Crippen LogP contribution >= 0.6 is 15.9 Å². The number of hydrogen-bond acceptors (Lipinski definition) is 3. The van der Waals surface area contributed by atoms with Gasteiger partial charge in [-0.3, -0.25) is 0 Å². The summed E-state index contributed by atoms with van der Waals surface area (Å²) in [6, 6.07) is 6.49. The lowest BCUT2D eigenvalue weighted by molar-refractivity contribution is 0.0998. The molecule has 0 bridgehead atoms. The van der Waals surface area contributed by atoms with Crippen LogP contribution in [0.25, 0.3) is 0 Å². The van der Waals surface area contributed by atoms with Crippen molar-refractivity contribution in [2.24, 2.45) is 5.92 Å². The molecule has 1 aliphatic carbocycles. The van der Waals surface area contributed by atoms with E-state index >= 15 is 0 Å². The Morgan fingerprint density at radius 1 is 1.45 bits per heavy atom. The van der Waals surface area contributed by atoms with Crippen molar-refractivity contribution in [3.8, 4) is 5.75 Å². The van der Waals surface area contributed by atoms with Gasteiger partial charge in [0.25, 0.3) is 0 Å². The van der Waals surface area contributed by atoms with Crippen molar-refractivity contribution >= 4 is 15.9 Å². The van der Waals surface area contributed by atoms with E-state index in [1.165, 1.54) is 12.0 Å². The molecule has 0 amide bonds. The van der Waals surface area contributed by atoms with Crippen LogP contribution in [0, 0.1) is 5.92 Å². The molecule has 0 spiro atoms. The molecule has 0 aliphatic heterocycles. The van der Waals surface area contributed by atoms with Crippen LogP contribution in [0.1, 0.15) is 44.2 Å². The maximum Gasteiger partial charge on any atom is 0.133 e. The molecule has 2 N–H and O–H groups in total. The molecule has 0 radical (unpaired) electrons. The normalized spacial score (nSPS) is 24.4. The van der Waals surface area contributed by atoms with E-state index in [0.717, 1.165) is 36.0 Å². The Bertz CT molecular complexity index is 438. The van der Waals surface area contributed by atoms with Gasteiger partial charge in [0.05, 0.1) is 17.7 Å². The Labute approximate surface area is 129 Å². The van der Waals surface area contributed by atoms with Crippen LogP contribution in [-0.2, 0) is 0 Å². The zero-order chi connectivity index (χ0) is 14.5. The van der Waals surface area contributed by atoms with Crippen molar-refractivity contribution in [1.82, 2.24) is 5.32 Å². The minimum Gasteiger partial charge on any atom is -0.496 e. The number of ether oxygens (including phenoxy) is 1. The summed E-state index contributed by atoms with van der Waals surface area (Å²) < 4.78 is 6.24. The number of hydrogen-bond donors (Lipinski definition) is 2. The van der Waals surface area contributed by atoms with Gasteiger partial charge in [-0.2, -0.15) is 0 Å². The molecule has 3 unspecified atom stereocenters. The topological polar surface area (TPSA) is 41.5 Å². The zero-order valence-electron chi connectivity index (χ0n) is 12.2. The fourth-order valence-corrected chi connectivity index (χ4v) is 3.42. The molecule has 1 saturated carbocycles. The summed E-state index contributed by atoms with van der Waals surface area (Å²) >= 11 is 3.53. The number of benzene rings is 1. The Morgan fingerprint density at radius 3 is 2.90 bits per heavy atom. The maximum atomic E-state index is 9.71. The minimum atomic E-state index is -0.0963. The first-order valence-electron chi connectivity index (χ1n) is 7.35. The highest BCUT2D eigenvalue weighted by Crippen LogP contribution is 2.29. The Balaban J connectivity index is 1.88. The molecule has 1 aliphatic rings. The Morgan fingerprint density at radius 2 is 2.25 bits per heavy atom. The third-order valence-corrected chi connectivity index (χ3v) is 4.76. The highest BCUT2D eigenvalue weighted by molar-refractivity contribution is 9.10.